The molecule has 2 rings (SSSR count). The molecular weight excluding hydrogens is 292 g/mol. The number of nitrogens with two attached hydrogens (primary N) is 2. The molecule has 6 nitrogen and oxygen atoms in total. The van der Waals surface area contributed by atoms with Gasteiger partial charge in [-0.2, -0.15) is 5.10 Å². The summed E-state index contributed by atoms with van der Waals surface area (Å²) in [5, 5.41) is 4.47. The van der Waals surface area contributed by atoms with Gasteiger partial charge in [0.1, 0.15) is 5.69 Å². The second-order valence-corrected chi connectivity index (χ2v) is 5.61. The summed E-state index contributed by atoms with van der Waals surface area (Å²) in [6, 6.07) is 10.5. The summed E-state index contributed by atoms with van der Waals surface area (Å²) in [5.74, 6) is 0.641. The van der Waals surface area contributed by atoms with Crippen LogP contribution in [0.3, 0.4) is 0 Å². The third-order valence-corrected chi connectivity index (χ3v) is 3.86. The quantitative estimate of drug-likeness (QED) is 0.820. The van der Waals surface area contributed by atoms with E-state index in [-0.39, 0.29) is 11.8 Å². The van der Waals surface area contributed by atoms with Crippen LogP contribution in [-0.4, -0.2) is 15.9 Å². The number of rotatable bonds is 7. The van der Waals surface area contributed by atoms with Crippen molar-refractivity contribution < 1.29 is 9.53 Å². The Kier molecular flexibility index (Phi) is 5.62. The monoisotopic (exact) mass is 316 g/mol. The second kappa shape index (κ2) is 7.67. The third-order valence-electron chi connectivity index (χ3n) is 3.86. The molecule has 1 amide bonds. The van der Waals surface area contributed by atoms with Gasteiger partial charge in [0.15, 0.2) is 11.6 Å². The van der Waals surface area contributed by atoms with E-state index in [0.29, 0.717) is 17.9 Å². The summed E-state index contributed by atoms with van der Waals surface area (Å²) < 4.78 is 6.73. The van der Waals surface area contributed by atoms with Gasteiger partial charge in [0.05, 0.1) is 6.04 Å². The number of nitrogen functional groups attached to an aromatic ring is 1. The first-order valence-electron chi connectivity index (χ1n) is 7.91. The predicted molar refractivity (Wildman–Crippen MR) is 90.3 cm³/mol. The molecule has 1 aromatic carbocycles. The zero-order valence-corrected chi connectivity index (χ0v) is 13.7. The molecule has 1 atom stereocenters. The minimum atomic E-state index is -0.873. The lowest BCUT2D eigenvalue weighted by molar-refractivity contribution is 0.210. The van der Waals surface area contributed by atoms with Crippen LogP contribution in [0.2, 0.25) is 0 Å². The van der Waals surface area contributed by atoms with Gasteiger partial charge in [0, 0.05) is 0 Å². The fourth-order valence-electron chi connectivity index (χ4n) is 2.63. The fraction of sp³-hybridized carbons (Fsp3) is 0.412. The van der Waals surface area contributed by atoms with E-state index in [1.165, 1.54) is 5.56 Å². The van der Waals surface area contributed by atoms with Gasteiger partial charge in [-0.15, -0.1) is 0 Å². The van der Waals surface area contributed by atoms with Crippen LogP contribution in [0.4, 0.5) is 10.6 Å². The van der Waals surface area contributed by atoms with Gasteiger partial charge in [-0.25, -0.2) is 9.48 Å². The Morgan fingerprint density at radius 2 is 2.04 bits per heavy atom. The molecule has 0 saturated carbocycles. The molecule has 0 fully saturated rings. The molecule has 1 heterocycles. The van der Waals surface area contributed by atoms with Crippen molar-refractivity contribution in [3.8, 4) is 5.75 Å². The van der Waals surface area contributed by atoms with Crippen LogP contribution in [0.25, 0.3) is 0 Å². The topological polar surface area (TPSA) is 96.2 Å². The molecule has 6 heteroatoms. The molecule has 1 aromatic heterocycles. The summed E-state index contributed by atoms with van der Waals surface area (Å²) in [4.78, 5) is 11.0. The number of benzene rings is 1. The largest absolute Gasteiger partial charge is 0.410 e. The Hall–Kier alpha value is -2.50. The Labute approximate surface area is 136 Å². The maximum absolute atomic E-state index is 11.0. The average molecular weight is 316 g/mol. The van der Waals surface area contributed by atoms with Gasteiger partial charge in [-0.05, 0) is 38.2 Å². The number of amides is 1. The van der Waals surface area contributed by atoms with Crippen molar-refractivity contribution in [2.75, 3.05) is 5.73 Å². The highest BCUT2D eigenvalue weighted by atomic mass is 16.5. The van der Waals surface area contributed by atoms with Crippen LogP contribution < -0.4 is 16.2 Å². The summed E-state index contributed by atoms with van der Waals surface area (Å²) in [7, 11) is 0. The lowest BCUT2D eigenvalue weighted by atomic mass is 10.1. The number of aromatic nitrogens is 2. The Balaban J connectivity index is 2.02. The van der Waals surface area contributed by atoms with E-state index in [0.717, 1.165) is 19.3 Å². The standard InChI is InChI=1S/C17H24N4O2/c1-3-14-15(23-17(19)22)16(18)21(20-14)12(2)8-7-11-13-9-5-4-6-10-13/h4-6,9-10,12H,3,7-8,11,18H2,1-2H3,(H2,19,22). The zero-order chi connectivity index (χ0) is 16.8. The van der Waals surface area contributed by atoms with Crippen molar-refractivity contribution in [1.82, 2.24) is 9.78 Å². The summed E-state index contributed by atoms with van der Waals surface area (Å²) in [6.45, 7) is 3.99. The maximum Gasteiger partial charge on any atom is 0.410 e. The van der Waals surface area contributed by atoms with Crippen molar-refractivity contribution in [1.29, 1.82) is 0 Å². The van der Waals surface area contributed by atoms with Crippen molar-refractivity contribution in [2.45, 2.75) is 45.6 Å². The normalized spacial score (nSPS) is 12.1. The first kappa shape index (κ1) is 16.9. The van der Waals surface area contributed by atoms with Gasteiger partial charge in [-0.3, -0.25) is 0 Å². The van der Waals surface area contributed by atoms with Crippen LogP contribution in [0.15, 0.2) is 30.3 Å². The molecule has 0 saturated heterocycles. The molecule has 0 radical (unpaired) electrons. The van der Waals surface area contributed by atoms with Crippen LogP contribution in [0, 0.1) is 0 Å². The molecular formula is C17H24N4O2. The van der Waals surface area contributed by atoms with E-state index < -0.39 is 6.09 Å². The lowest BCUT2D eigenvalue weighted by Crippen LogP contribution is -2.17. The Morgan fingerprint density at radius 3 is 2.65 bits per heavy atom. The van der Waals surface area contributed by atoms with Gasteiger partial charge in [0.2, 0.25) is 0 Å². The predicted octanol–water partition coefficient (Wildman–Crippen LogP) is 3.07. The van der Waals surface area contributed by atoms with Crippen LogP contribution >= 0.6 is 0 Å². The minimum Gasteiger partial charge on any atom is -0.405 e. The van der Waals surface area contributed by atoms with Crippen molar-refractivity contribution in [3.63, 3.8) is 0 Å². The molecule has 1 unspecified atom stereocenters. The number of carbonyl (C=O) groups excluding carboxylic acids is 1. The van der Waals surface area contributed by atoms with E-state index in [1.807, 2.05) is 25.1 Å². The van der Waals surface area contributed by atoms with E-state index in [4.69, 9.17) is 16.2 Å². The molecule has 0 aliphatic carbocycles. The highest BCUT2D eigenvalue weighted by Gasteiger charge is 2.20. The van der Waals surface area contributed by atoms with Gasteiger partial charge in [-0.1, -0.05) is 37.3 Å². The van der Waals surface area contributed by atoms with E-state index in [2.05, 4.69) is 24.2 Å². The molecule has 0 spiro atoms. The average Bonchev–Trinajstić information content (AvgIpc) is 2.84. The van der Waals surface area contributed by atoms with Gasteiger partial charge in [0.25, 0.3) is 0 Å². The molecule has 124 valence electrons. The molecule has 23 heavy (non-hydrogen) atoms. The first-order chi connectivity index (χ1) is 11.0. The highest BCUT2D eigenvalue weighted by molar-refractivity contribution is 5.71. The number of ether oxygens (including phenoxy) is 1. The third kappa shape index (κ3) is 4.25. The Morgan fingerprint density at radius 1 is 1.35 bits per heavy atom. The number of primary amides is 1. The number of aryl methyl sites for hydroxylation is 2. The summed E-state index contributed by atoms with van der Waals surface area (Å²) in [6.07, 6.45) is 2.72. The number of hydrogen-bond donors (Lipinski definition) is 2. The SMILES string of the molecule is CCc1nn(C(C)CCCc2ccccc2)c(N)c1OC(N)=O. The molecule has 2 aromatic rings. The summed E-state index contributed by atoms with van der Waals surface area (Å²) >= 11 is 0. The van der Waals surface area contributed by atoms with Crippen molar-refractivity contribution in [3.05, 3.63) is 41.6 Å². The minimum absolute atomic E-state index is 0.120. The second-order valence-electron chi connectivity index (χ2n) is 5.61. The van der Waals surface area contributed by atoms with Crippen molar-refractivity contribution >= 4 is 11.9 Å². The van der Waals surface area contributed by atoms with E-state index in [1.54, 1.807) is 4.68 Å². The van der Waals surface area contributed by atoms with Gasteiger partial charge < -0.3 is 16.2 Å². The molecule has 0 aliphatic rings. The molecule has 0 aliphatic heterocycles. The van der Waals surface area contributed by atoms with E-state index in [9.17, 15) is 4.79 Å². The number of carbonyl (C=O) groups is 1. The van der Waals surface area contributed by atoms with Gasteiger partial charge >= 0.3 is 6.09 Å². The van der Waals surface area contributed by atoms with Crippen LogP contribution in [0.5, 0.6) is 5.75 Å². The maximum atomic E-state index is 11.0. The lowest BCUT2D eigenvalue weighted by Gasteiger charge is -2.14. The van der Waals surface area contributed by atoms with Crippen LogP contribution in [-0.2, 0) is 12.8 Å². The fourth-order valence-corrected chi connectivity index (χ4v) is 2.63. The first-order valence-corrected chi connectivity index (χ1v) is 7.91. The highest BCUT2D eigenvalue weighted by Crippen LogP contribution is 2.30. The zero-order valence-electron chi connectivity index (χ0n) is 13.7. The smallest absolute Gasteiger partial charge is 0.405 e. The number of hydrogen-bond acceptors (Lipinski definition) is 4. The number of anilines is 1. The Bertz CT molecular complexity index is 652. The molecule has 4 N–H and O–H groups in total. The number of nitrogens with zero attached hydrogens (tertiary/aromatic N) is 2. The molecule has 0 bridgehead atoms. The van der Waals surface area contributed by atoms with Crippen LogP contribution in [0.1, 0.15) is 44.0 Å². The van der Waals surface area contributed by atoms with Crippen molar-refractivity contribution in [2.24, 2.45) is 5.73 Å². The van der Waals surface area contributed by atoms with E-state index >= 15 is 0 Å². The summed E-state index contributed by atoms with van der Waals surface area (Å²) in [5.41, 5.74) is 13.1.